The lowest BCUT2D eigenvalue weighted by Crippen LogP contribution is -2.38. The second kappa shape index (κ2) is 7.45. The minimum atomic E-state index is -3.39. The third-order valence-electron chi connectivity index (χ3n) is 3.20. The number of rotatable bonds is 7. The lowest BCUT2D eigenvalue weighted by molar-refractivity contribution is -0.121. The lowest BCUT2D eigenvalue weighted by atomic mass is 10.1. The van der Waals surface area contributed by atoms with E-state index in [2.05, 4.69) is 5.32 Å². The number of aryl methyl sites for hydroxylation is 2. The summed E-state index contributed by atoms with van der Waals surface area (Å²) in [6.45, 7) is 6.24. The van der Waals surface area contributed by atoms with E-state index in [4.69, 9.17) is 0 Å². The molecule has 118 valence electrons. The van der Waals surface area contributed by atoms with Gasteiger partial charge >= 0.3 is 0 Å². The molecular weight excluding hydrogens is 288 g/mol. The first-order valence-electron chi connectivity index (χ1n) is 7.08. The number of nitrogens with one attached hydrogen (secondary N) is 1. The third kappa shape index (κ3) is 5.04. The molecule has 0 heterocycles. The van der Waals surface area contributed by atoms with Crippen LogP contribution in [0.4, 0.5) is 5.69 Å². The normalized spacial score (nSPS) is 11.2. The maximum atomic E-state index is 12.1. The maximum absolute atomic E-state index is 12.1. The summed E-state index contributed by atoms with van der Waals surface area (Å²) in [5.74, 6) is -0.0487. The van der Waals surface area contributed by atoms with Gasteiger partial charge in [0.05, 0.1) is 18.5 Å². The molecule has 0 saturated carbocycles. The molecule has 0 atom stereocenters. The van der Waals surface area contributed by atoms with E-state index in [1.807, 2.05) is 39.0 Å². The quantitative estimate of drug-likeness (QED) is 0.837. The highest BCUT2D eigenvalue weighted by molar-refractivity contribution is 7.92. The van der Waals surface area contributed by atoms with E-state index < -0.39 is 10.0 Å². The molecule has 5 nitrogen and oxygen atoms in total. The molecular formula is C15H24N2O3S. The van der Waals surface area contributed by atoms with E-state index in [1.165, 1.54) is 10.6 Å². The zero-order chi connectivity index (χ0) is 16.0. The first-order chi connectivity index (χ1) is 9.77. The first-order valence-corrected chi connectivity index (χ1v) is 8.92. The molecule has 1 N–H and O–H groups in total. The van der Waals surface area contributed by atoms with Crippen molar-refractivity contribution in [3.05, 3.63) is 29.3 Å². The van der Waals surface area contributed by atoms with Gasteiger partial charge in [0.25, 0.3) is 0 Å². The number of benzene rings is 1. The Labute approximate surface area is 127 Å². The minimum absolute atomic E-state index is 0.0487. The summed E-state index contributed by atoms with van der Waals surface area (Å²) in [6.07, 6.45) is 2.42. The number of amides is 1. The number of para-hydroxylation sites is 1. The molecule has 1 aromatic rings. The van der Waals surface area contributed by atoms with Crippen molar-refractivity contribution >= 4 is 21.6 Å². The van der Waals surface area contributed by atoms with Crippen LogP contribution in [0.5, 0.6) is 0 Å². The van der Waals surface area contributed by atoms with Crippen LogP contribution in [0.1, 0.15) is 30.9 Å². The van der Waals surface area contributed by atoms with Crippen molar-refractivity contribution in [1.82, 2.24) is 5.32 Å². The molecule has 0 fully saturated rings. The van der Waals surface area contributed by atoms with Crippen molar-refractivity contribution in [2.24, 2.45) is 0 Å². The molecule has 0 aliphatic heterocycles. The molecule has 6 heteroatoms. The fourth-order valence-electron chi connectivity index (χ4n) is 2.25. The fourth-order valence-corrected chi connectivity index (χ4v) is 3.30. The Morgan fingerprint density at radius 2 is 1.81 bits per heavy atom. The van der Waals surface area contributed by atoms with Crippen LogP contribution in [0.15, 0.2) is 18.2 Å². The average Bonchev–Trinajstić information content (AvgIpc) is 2.35. The second-order valence-electron chi connectivity index (χ2n) is 5.18. The first kappa shape index (κ1) is 17.5. The fraction of sp³-hybridized carbons (Fsp3) is 0.533. The highest BCUT2D eigenvalue weighted by Crippen LogP contribution is 2.26. The Hall–Kier alpha value is -1.56. The smallest absolute Gasteiger partial charge is 0.232 e. The van der Waals surface area contributed by atoms with Gasteiger partial charge in [-0.3, -0.25) is 9.10 Å². The van der Waals surface area contributed by atoms with Gasteiger partial charge in [-0.2, -0.15) is 0 Å². The number of hydrogen-bond donors (Lipinski definition) is 1. The monoisotopic (exact) mass is 312 g/mol. The van der Waals surface area contributed by atoms with E-state index in [1.54, 1.807) is 0 Å². The minimum Gasteiger partial charge on any atom is -0.354 e. The lowest BCUT2D eigenvalue weighted by Gasteiger charge is -2.26. The molecule has 0 saturated heterocycles. The summed E-state index contributed by atoms with van der Waals surface area (Å²) in [6, 6.07) is 5.67. The number of nitrogens with zero attached hydrogens (tertiary/aromatic N) is 1. The molecule has 0 aliphatic carbocycles. The zero-order valence-corrected chi connectivity index (χ0v) is 14.0. The topological polar surface area (TPSA) is 66.5 Å². The van der Waals surface area contributed by atoms with Gasteiger partial charge in [0.15, 0.2) is 0 Å². The summed E-state index contributed by atoms with van der Waals surface area (Å²) < 4.78 is 25.5. The summed E-state index contributed by atoms with van der Waals surface area (Å²) >= 11 is 0. The Morgan fingerprint density at radius 3 is 2.29 bits per heavy atom. The van der Waals surface area contributed by atoms with Crippen LogP contribution >= 0.6 is 0 Å². The second-order valence-corrected chi connectivity index (χ2v) is 7.08. The summed E-state index contributed by atoms with van der Waals surface area (Å²) in [5.41, 5.74) is 2.50. The van der Waals surface area contributed by atoms with Crippen molar-refractivity contribution in [2.45, 2.75) is 33.6 Å². The Bertz CT molecular complexity index is 577. The van der Waals surface area contributed by atoms with Crippen LogP contribution in [0.25, 0.3) is 0 Å². The number of carbonyl (C=O) groups is 1. The molecule has 1 amide bonds. The van der Waals surface area contributed by atoms with E-state index in [0.717, 1.165) is 17.5 Å². The van der Waals surface area contributed by atoms with Crippen LogP contribution in [0.2, 0.25) is 0 Å². The molecule has 0 unspecified atom stereocenters. The van der Waals surface area contributed by atoms with Crippen LogP contribution in [0, 0.1) is 13.8 Å². The third-order valence-corrected chi connectivity index (χ3v) is 4.37. The van der Waals surface area contributed by atoms with Gasteiger partial charge in [-0.05, 0) is 31.4 Å². The van der Waals surface area contributed by atoms with Crippen molar-refractivity contribution in [3.8, 4) is 0 Å². The Balaban J connectivity index is 2.91. The molecule has 0 bridgehead atoms. The predicted octanol–water partition coefficient (Wildman–Crippen LogP) is 1.99. The highest BCUT2D eigenvalue weighted by Gasteiger charge is 2.20. The number of sulfonamides is 1. The predicted molar refractivity (Wildman–Crippen MR) is 86.0 cm³/mol. The van der Waals surface area contributed by atoms with Gasteiger partial charge in [-0.15, -0.1) is 0 Å². The van der Waals surface area contributed by atoms with Gasteiger partial charge in [0.2, 0.25) is 15.9 Å². The highest BCUT2D eigenvalue weighted by atomic mass is 32.2. The molecule has 21 heavy (non-hydrogen) atoms. The number of anilines is 1. The zero-order valence-electron chi connectivity index (χ0n) is 13.1. The molecule has 0 aliphatic rings. The summed E-state index contributed by atoms with van der Waals surface area (Å²) in [5, 5.41) is 2.75. The Kier molecular flexibility index (Phi) is 6.20. The van der Waals surface area contributed by atoms with Gasteiger partial charge in [0.1, 0.15) is 0 Å². The largest absolute Gasteiger partial charge is 0.354 e. The van der Waals surface area contributed by atoms with Crippen LogP contribution < -0.4 is 9.62 Å². The van der Waals surface area contributed by atoms with Crippen LogP contribution in [-0.2, 0) is 14.8 Å². The summed E-state index contributed by atoms with van der Waals surface area (Å²) in [7, 11) is -3.39. The maximum Gasteiger partial charge on any atom is 0.232 e. The molecule has 0 spiro atoms. The van der Waals surface area contributed by atoms with Gasteiger partial charge in [0, 0.05) is 13.0 Å². The Morgan fingerprint density at radius 1 is 1.24 bits per heavy atom. The van der Waals surface area contributed by atoms with Crippen LogP contribution in [-0.4, -0.2) is 33.7 Å². The molecule has 0 aromatic heterocycles. The average molecular weight is 312 g/mol. The number of carbonyl (C=O) groups excluding carboxylic acids is 1. The summed E-state index contributed by atoms with van der Waals surface area (Å²) in [4.78, 5) is 11.5. The SMILES string of the molecule is CCCC(=O)NCCN(c1c(C)cccc1C)S(C)(=O)=O. The van der Waals surface area contributed by atoms with Crippen LogP contribution in [0.3, 0.4) is 0 Å². The van der Waals surface area contributed by atoms with Gasteiger partial charge in [-0.25, -0.2) is 8.42 Å². The van der Waals surface area contributed by atoms with E-state index >= 15 is 0 Å². The van der Waals surface area contributed by atoms with Crippen molar-refractivity contribution in [3.63, 3.8) is 0 Å². The van der Waals surface area contributed by atoms with Crippen molar-refractivity contribution < 1.29 is 13.2 Å². The van der Waals surface area contributed by atoms with E-state index in [9.17, 15) is 13.2 Å². The van der Waals surface area contributed by atoms with E-state index in [-0.39, 0.29) is 12.5 Å². The van der Waals surface area contributed by atoms with Gasteiger partial charge in [-0.1, -0.05) is 25.1 Å². The number of hydrogen-bond acceptors (Lipinski definition) is 3. The molecule has 1 rings (SSSR count). The standard InChI is InChI=1S/C15H24N2O3S/c1-5-7-14(18)16-10-11-17(21(4,19)20)15-12(2)8-6-9-13(15)3/h6,8-9H,5,7,10-11H2,1-4H3,(H,16,18). The van der Waals surface area contributed by atoms with E-state index in [0.29, 0.717) is 18.7 Å². The van der Waals surface area contributed by atoms with Crippen molar-refractivity contribution in [1.29, 1.82) is 0 Å². The molecule has 0 radical (unpaired) electrons. The van der Waals surface area contributed by atoms with Crippen molar-refractivity contribution in [2.75, 3.05) is 23.7 Å². The van der Waals surface area contributed by atoms with Gasteiger partial charge < -0.3 is 5.32 Å². The molecule has 1 aromatic carbocycles.